The predicted molar refractivity (Wildman–Crippen MR) is 122 cm³/mol. The summed E-state index contributed by atoms with van der Waals surface area (Å²) in [5.74, 6) is -0.429. The van der Waals surface area contributed by atoms with Crippen LogP contribution in [0.3, 0.4) is 0 Å². The van der Waals surface area contributed by atoms with Crippen molar-refractivity contribution in [2.75, 3.05) is 6.54 Å². The highest BCUT2D eigenvalue weighted by molar-refractivity contribution is 5.97. The van der Waals surface area contributed by atoms with Crippen LogP contribution in [0.2, 0.25) is 0 Å². The van der Waals surface area contributed by atoms with Gasteiger partial charge in [-0.15, -0.1) is 0 Å². The van der Waals surface area contributed by atoms with Gasteiger partial charge < -0.3 is 9.88 Å². The van der Waals surface area contributed by atoms with Crippen LogP contribution >= 0.6 is 0 Å². The lowest BCUT2D eigenvalue weighted by Crippen LogP contribution is -2.25. The zero-order valence-corrected chi connectivity index (χ0v) is 17.1. The maximum absolute atomic E-state index is 13.9. The first-order chi connectivity index (χ1) is 15.0. The van der Waals surface area contributed by atoms with Gasteiger partial charge in [0.1, 0.15) is 5.82 Å². The Hall–Kier alpha value is -3.80. The summed E-state index contributed by atoms with van der Waals surface area (Å²) in [6.07, 6.45) is 3.02. The Labute approximate surface area is 180 Å². The fourth-order valence-electron chi connectivity index (χ4n) is 3.49. The molecule has 5 nitrogen and oxygen atoms in total. The minimum absolute atomic E-state index is 0. The first-order valence-electron chi connectivity index (χ1n) is 10.1. The number of hydrogen-bond donors (Lipinski definition) is 1. The molecule has 6 heteroatoms. The number of fused-ring (bicyclic) bond motifs is 1. The molecule has 0 atom stereocenters. The van der Waals surface area contributed by atoms with Gasteiger partial charge in [-0.1, -0.05) is 42.5 Å². The fourth-order valence-corrected chi connectivity index (χ4v) is 3.49. The van der Waals surface area contributed by atoms with E-state index in [1.54, 1.807) is 37.4 Å². The van der Waals surface area contributed by atoms with Crippen molar-refractivity contribution in [2.45, 2.75) is 12.8 Å². The molecule has 0 radical (unpaired) electrons. The van der Waals surface area contributed by atoms with E-state index in [2.05, 4.69) is 10.3 Å². The molecule has 0 aliphatic heterocycles. The molecule has 0 aliphatic carbocycles. The Kier molecular flexibility index (Phi) is 5.89. The summed E-state index contributed by atoms with van der Waals surface area (Å²) >= 11 is 0. The van der Waals surface area contributed by atoms with Gasteiger partial charge in [0, 0.05) is 26.1 Å². The Morgan fingerprint density at radius 1 is 1.10 bits per heavy atom. The standard InChI is InChI=1S/C25H22FN3O2.H2/c1-29-16-28-23-15-19(12-13-21(23)25(29)31)24(30)27-14-4-5-17-8-10-18(11-9-17)20-6-2-3-7-22(20)26;/h2-3,6-13,15-16H,4-5,14H2,1H3,(H,27,30);1H. The van der Waals surface area contributed by atoms with Crippen LogP contribution in [0.1, 0.15) is 23.8 Å². The highest BCUT2D eigenvalue weighted by Crippen LogP contribution is 2.23. The van der Waals surface area contributed by atoms with Gasteiger partial charge in [0.2, 0.25) is 0 Å². The number of aromatic nitrogens is 2. The number of aryl methyl sites for hydroxylation is 2. The summed E-state index contributed by atoms with van der Waals surface area (Å²) in [4.78, 5) is 28.7. The number of amides is 1. The molecule has 0 aliphatic rings. The second-order valence-electron chi connectivity index (χ2n) is 7.43. The van der Waals surface area contributed by atoms with E-state index >= 15 is 0 Å². The molecular formula is C25H24FN3O2. The molecule has 0 saturated carbocycles. The lowest BCUT2D eigenvalue weighted by molar-refractivity contribution is 0.0953. The van der Waals surface area contributed by atoms with Crippen LogP contribution in [0, 0.1) is 5.82 Å². The molecule has 1 aromatic heterocycles. The van der Waals surface area contributed by atoms with Crippen LogP contribution in [0.25, 0.3) is 22.0 Å². The van der Waals surface area contributed by atoms with E-state index in [0.29, 0.717) is 28.6 Å². The molecule has 1 N–H and O–H groups in total. The van der Waals surface area contributed by atoms with Crippen molar-refractivity contribution in [2.24, 2.45) is 7.05 Å². The van der Waals surface area contributed by atoms with Crippen LogP contribution in [0.5, 0.6) is 0 Å². The summed E-state index contributed by atoms with van der Waals surface area (Å²) in [6, 6.07) is 19.4. The highest BCUT2D eigenvalue weighted by Gasteiger charge is 2.09. The third kappa shape index (κ3) is 4.53. The minimum Gasteiger partial charge on any atom is -0.352 e. The molecule has 4 aromatic rings. The molecule has 0 unspecified atom stereocenters. The van der Waals surface area contributed by atoms with Gasteiger partial charge in [-0.3, -0.25) is 9.59 Å². The van der Waals surface area contributed by atoms with Crippen LogP contribution in [-0.4, -0.2) is 22.0 Å². The molecule has 0 spiro atoms. The number of nitrogens with one attached hydrogen (secondary N) is 1. The van der Waals surface area contributed by atoms with Gasteiger partial charge in [-0.2, -0.15) is 0 Å². The van der Waals surface area contributed by atoms with Crippen LogP contribution in [0.15, 0.2) is 77.9 Å². The third-order valence-corrected chi connectivity index (χ3v) is 5.25. The van der Waals surface area contributed by atoms with Gasteiger partial charge in [0.15, 0.2) is 0 Å². The molecule has 0 saturated heterocycles. The van der Waals surface area contributed by atoms with Crippen LogP contribution in [-0.2, 0) is 13.5 Å². The average Bonchev–Trinajstić information content (AvgIpc) is 2.80. The summed E-state index contributed by atoms with van der Waals surface area (Å²) in [5.41, 5.74) is 3.39. The monoisotopic (exact) mass is 417 g/mol. The van der Waals surface area contributed by atoms with Crippen molar-refractivity contribution in [1.29, 1.82) is 0 Å². The number of carbonyl (C=O) groups excluding carboxylic acids is 1. The quantitative estimate of drug-likeness (QED) is 0.475. The summed E-state index contributed by atoms with van der Waals surface area (Å²) in [5, 5.41) is 3.39. The van der Waals surface area contributed by atoms with Crippen molar-refractivity contribution < 1.29 is 10.6 Å². The van der Waals surface area contributed by atoms with Gasteiger partial charge in [-0.05, 0) is 48.2 Å². The maximum atomic E-state index is 13.9. The molecule has 158 valence electrons. The Bertz CT molecular complexity index is 1300. The molecule has 3 aromatic carbocycles. The molecule has 0 bridgehead atoms. The Balaban J connectivity index is 0.00000289. The zero-order chi connectivity index (χ0) is 21.8. The first-order valence-corrected chi connectivity index (χ1v) is 10.1. The molecule has 4 rings (SSSR count). The summed E-state index contributed by atoms with van der Waals surface area (Å²) < 4.78 is 15.3. The molecule has 31 heavy (non-hydrogen) atoms. The molecular weight excluding hydrogens is 393 g/mol. The maximum Gasteiger partial charge on any atom is 0.260 e. The second kappa shape index (κ2) is 8.92. The summed E-state index contributed by atoms with van der Waals surface area (Å²) in [6.45, 7) is 0.524. The van der Waals surface area contributed by atoms with Crippen molar-refractivity contribution >= 4 is 16.8 Å². The third-order valence-electron chi connectivity index (χ3n) is 5.25. The van der Waals surface area contributed by atoms with E-state index < -0.39 is 0 Å². The molecule has 1 heterocycles. The van der Waals surface area contributed by atoms with Gasteiger partial charge in [-0.25, -0.2) is 9.37 Å². The van der Waals surface area contributed by atoms with Gasteiger partial charge in [0.25, 0.3) is 11.5 Å². The zero-order valence-electron chi connectivity index (χ0n) is 17.1. The minimum atomic E-state index is -0.234. The van der Waals surface area contributed by atoms with Crippen molar-refractivity contribution in [3.8, 4) is 11.1 Å². The number of carbonyl (C=O) groups is 1. The number of halogens is 1. The SMILES string of the molecule is Cn1cnc2cc(C(=O)NCCCc3ccc(-c4ccccc4F)cc3)ccc2c1=O.[HH]. The predicted octanol–water partition coefficient (Wildman–Crippen LogP) is 4.35. The van der Waals surface area contributed by atoms with Crippen molar-refractivity contribution in [3.05, 3.63) is 100 Å². The smallest absolute Gasteiger partial charge is 0.260 e. The van der Waals surface area contributed by atoms with Gasteiger partial charge in [0.05, 0.1) is 17.2 Å². The van der Waals surface area contributed by atoms with Gasteiger partial charge >= 0.3 is 0 Å². The van der Waals surface area contributed by atoms with E-state index in [1.807, 2.05) is 30.3 Å². The number of hydrogen-bond acceptors (Lipinski definition) is 3. The second-order valence-corrected chi connectivity index (χ2v) is 7.43. The first kappa shape index (κ1) is 20.5. The highest BCUT2D eigenvalue weighted by atomic mass is 19.1. The van der Waals surface area contributed by atoms with E-state index in [9.17, 15) is 14.0 Å². The van der Waals surface area contributed by atoms with E-state index in [4.69, 9.17) is 0 Å². The van der Waals surface area contributed by atoms with E-state index in [1.165, 1.54) is 17.0 Å². The Morgan fingerprint density at radius 3 is 2.65 bits per heavy atom. The topological polar surface area (TPSA) is 64.0 Å². The lowest BCUT2D eigenvalue weighted by atomic mass is 10.0. The normalized spacial score (nSPS) is 10.9. The summed E-state index contributed by atoms with van der Waals surface area (Å²) in [7, 11) is 1.64. The van der Waals surface area contributed by atoms with Crippen LogP contribution in [0.4, 0.5) is 4.39 Å². The Morgan fingerprint density at radius 2 is 1.87 bits per heavy atom. The number of rotatable bonds is 6. The number of benzene rings is 3. The van der Waals surface area contributed by atoms with E-state index in [-0.39, 0.29) is 18.7 Å². The number of nitrogens with zero attached hydrogens (tertiary/aromatic N) is 2. The molecule has 1 amide bonds. The van der Waals surface area contributed by atoms with Crippen molar-refractivity contribution in [1.82, 2.24) is 14.9 Å². The molecule has 0 fully saturated rings. The lowest BCUT2D eigenvalue weighted by Gasteiger charge is -2.08. The van der Waals surface area contributed by atoms with Crippen molar-refractivity contribution in [3.63, 3.8) is 0 Å². The average molecular weight is 417 g/mol. The fraction of sp³-hybridized carbons (Fsp3) is 0.160. The van der Waals surface area contributed by atoms with E-state index in [0.717, 1.165) is 24.0 Å². The largest absolute Gasteiger partial charge is 0.352 e. The van der Waals surface area contributed by atoms with Crippen LogP contribution < -0.4 is 10.9 Å².